The van der Waals surface area contributed by atoms with E-state index in [1.165, 1.54) is 0 Å². The summed E-state index contributed by atoms with van der Waals surface area (Å²) in [6.07, 6.45) is 6.02. The van der Waals surface area contributed by atoms with Gasteiger partial charge in [0.2, 0.25) is 5.95 Å². The average molecular weight is 358 g/mol. The van der Waals surface area contributed by atoms with E-state index in [0.717, 1.165) is 61.7 Å². The zero-order valence-corrected chi connectivity index (χ0v) is 15.4. The van der Waals surface area contributed by atoms with Gasteiger partial charge in [-0.2, -0.15) is 0 Å². The topological polar surface area (TPSA) is 82.7 Å². The molecule has 1 atom stereocenters. The molecule has 2 aromatic rings. The molecule has 26 heavy (non-hydrogen) atoms. The van der Waals surface area contributed by atoms with E-state index in [-0.39, 0.29) is 12.1 Å². The fourth-order valence-electron chi connectivity index (χ4n) is 3.19. The maximum absolute atomic E-state index is 5.83. The second kappa shape index (κ2) is 8.82. The van der Waals surface area contributed by atoms with E-state index < -0.39 is 0 Å². The van der Waals surface area contributed by atoms with E-state index in [4.69, 9.17) is 19.9 Å². The minimum absolute atomic E-state index is 0.258. The summed E-state index contributed by atoms with van der Waals surface area (Å²) in [5.74, 6) is 1.88. The molecule has 1 aliphatic heterocycles. The normalized spacial score (nSPS) is 16.8. The molecular weight excluding hydrogens is 332 g/mol. The molecule has 1 aromatic carbocycles. The van der Waals surface area contributed by atoms with Crippen LogP contribution in [0.4, 0.5) is 5.95 Å². The molecule has 0 unspecified atom stereocenters. The third-order valence-corrected chi connectivity index (χ3v) is 4.51. The summed E-state index contributed by atoms with van der Waals surface area (Å²) in [7, 11) is 3.33. The molecule has 1 fully saturated rings. The molecule has 0 amide bonds. The third-order valence-electron chi connectivity index (χ3n) is 4.51. The standard InChI is InChI=1S/C19H26N4O3/c1-24-16-6-5-15(18(8-16)25-2)12-23(13-17-4-3-7-26-17)11-14-9-21-19(20)22-10-14/h5-6,8-10,17H,3-4,7,11-13H2,1-2H3,(H2,20,21,22)/t17-/m0/s1. The number of nitrogens with zero attached hydrogens (tertiary/aromatic N) is 3. The number of benzene rings is 1. The van der Waals surface area contributed by atoms with Gasteiger partial charge in [0.1, 0.15) is 11.5 Å². The van der Waals surface area contributed by atoms with E-state index in [1.807, 2.05) is 18.2 Å². The summed E-state index contributed by atoms with van der Waals surface area (Å²) in [6, 6.07) is 5.90. The fraction of sp³-hybridized carbons (Fsp3) is 0.474. The first kappa shape index (κ1) is 18.4. The largest absolute Gasteiger partial charge is 0.497 e. The number of hydrogen-bond donors (Lipinski definition) is 1. The lowest BCUT2D eigenvalue weighted by Gasteiger charge is -2.26. The highest BCUT2D eigenvalue weighted by Crippen LogP contribution is 2.27. The Kier molecular flexibility index (Phi) is 6.25. The van der Waals surface area contributed by atoms with Crippen molar-refractivity contribution in [1.29, 1.82) is 0 Å². The van der Waals surface area contributed by atoms with Crippen molar-refractivity contribution in [2.75, 3.05) is 33.1 Å². The lowest BCUT2D eigenvalue weighted by atomic mass is 10.1. The molecule has 1 saturated heterocycles. The first-order chi connectivity index (χ1) is 12.7. The minimum atomic E-state index is 0.258. The molecule has 140 valence electrons. The van der Waals surface area contributed by atoms with Gasteiger partial charge < -0.3 is 19.9 Å². The van der Waals surface area contributed by atoms with Gasteiger partial charge in [0.05, 0.1) is 20.3 Å². The van der Waals surface area contributed by atoms with Crippen LogP contribution in [0.15, 0.2) is 30.6 Å². The van der Waals surface area contributed by atoms with Crippen LogP contribution in [0.5, 0.6) is 11.5 Å². The van der Waals surface area contributed by atoms with Gasteiger partial charge in [0.25, 0.3) is 0 Å². The van der Waals surface area contributed by atoms with Gasteiger partial charge in [0.15, 0.2) is 0 Å². The SMILES string of the molecule is COc1ccc(CN(Cc2cnc(N)nc2)C[C@@H]2CCCO2)c(OC)c1. The van der Waals surface area contributed by atoms with Gasteiger partial charge >= 0.3 is 0 Å². The summed E-state index contributed by atoms with van der Waals surface area (Å²) >= 11 is 0. The number of ether oxygens (including phenoxy) is 3. The summed E-state index contributed by atoms with van der Waals surface area (Å²) < 4.78 is 16.7. The first-order valence-electron chi connectivity index (χ1n) is 8.79. The van der Waals surface area contributed by atoms with Gasteiger partial charge in [-0.15, -0.1) is 0 Å². The zero-order chi connectivity index (χ0) is 18.4. The Hall–Kier alpha value is -2.38. The number of rotatable bonds is 8. The van der Waals surface area contributed by atoms with E-state index in [0.29, 0.717) is 0 Å². The Morgan fingerprint density at radius 3 is 2.65 bits per heavy atom. The number of methoxy groups -OCH3 is 2. The number of nitrogen functional groups attached to an aromatic ring is 1. The molecule has 7 nitrogen and oxygen atoms in total. The molecule has 1 aliphatic rings. The van der Waals surface area contributed by atoms with E-state index >= 15 is 0 Å². The quantitative estimate of drug-likeness (QED) is 0.775. The molecule has 2 heterocycles. The monoisotopic (exact) mass is 358 g/mol. The van der Waals surface area contributed by atoms with E-state index in [2.05, 4.69) is 14.9 Å². The van der Waals surface area contributed by atoms with Crippen molar-refractivity contribution in [1.82, 2.24) is 14.9 Å². The zero-order valence-electron chi connectivity index (χ0n) is 15.4. The summed E-state index contributed by atoms with van der Waals surface area (Å²) in [5.41, 5.74) is 7.71. The predicted octanol–water partition coefficient (Wildman–Crippen LogP) is 2.26. The number of nitrogens with two attached hydrogens (primary N) is 1. The maximum Gasteiger partial charge on any atom is 0.219 e. The molecule has 7 heteroatoms. The number of aromatic nitrogens is 2. The second-order valence-electron chi connectivity index (χ2n) is 6.43. The summed E-state index contributed by atoms with van der Waals surface area (Å²) in [6.45, 7) is 3.14. The van der Waals surface area contributed by atoms with Crippen LogP contribution in [0.3, 0.4) is 0 Å². The Bertz CT molecular complexity index is 702. The first-order valence-corrected chi connectivity index (χ1v) is 8.79. The van der Waals surface area contributed by atoms with E-state index in [1.54, 1.807) is 26.6 Å². The smallest absolute Gasteiger partial charge is 0.219 e. The third kappa shape index (κ3) is 4.83. The van der Waals surface area contributed by atoms with Crippen molar-refractivity contribution in [3.8, 4) is 11.5 Å². The van der Waals surface area contributed by atoms with Crippen LogP contribution >= 0.6 is 0 Å². The Balaban J connectivity index is 1.77. The molecule has 1 aromatic heterocycles. The maximum atomic E-state index is 5.83. The van der Waals surface area contributed by atoms with Gasteiger partial charge in [-0.25, -0.2) is 9.97 Å². The molecule has 2 N–H and O–H groups in total. The van der Waals surface area contributed by atoms with Crippen molar-refractivity contribution < 1.29 is 14.2 Å². The van der Waals surface area contributed by atoms with Crippen LogP contribution in [-0.4, -0.2) is 48.3 Å². The van der Waals surface area contributed by atoms with Gasteiger partial charge in [0, 0.05) is 55.8 Å². The van der Waals surface area contributed by atoms with Crippen LogP contribution in [0.1, 0.15) is 24.0 Å². The highest BCUT2D eigenvalue weighted by molar-refractivity contribution is 5.40. The number of hydrogen-bond acceptors (Lipinski definition) is 7. The van der Waals surface area contributed by atoms with Crippen LogP contribution in [0.2, 0.25) is 0 Å². The predicted molar refractivity (Wildman–Crippen MR) is 99.1 cm³/mol. The van der Waals surface area contributed by atoms with Crippen LogP contribution in [-0.2, 0) is 17.8 Å². The van der Waals surface area contributed by atoms with Gasteiger partial charge in [-0.1, -0.05) is 6.07 Å². The highest BCUT2D eigenvalue weighted by Gasteiger charge is 2.21. The second-order valence-corrected chi connectivity index (χ2v) is 6.43. The summed E-state index contributed by atoms with van der Waals surface area (Å²) in [5, 5.41) is 0. The fourth-order valence-corrected chi connectivity index (χ4v) is 3.19. The van der Waals surface area contributed by atoms with Crippen molar-refractivity contribution in [3.63, 3.8) is 0 Å². The molecular formula is C19H26N4O3. The van der Waals surface area contributed by atoms with Crippen LogP contribution < -0.4 is 15.2 Å². The Morgan fingerprint density at radius 2 is 2.00 bits per heavy atom. The van der Waals surface area contributed by atoms with Crippen molar-refractivity contribution in [2.45, 2.75) is 32.0 Å². The van der Waals surface area contributed by atoms with E-state index in [9.17, 15) is 0 Å². The Morgan fingerprint density at radius 1 is 1.19 bits per heavy atom. The molecule has 0 bridgehead atoms. The van der Waals surface area contributed by atoms with Crippen LogP contribution in [0.25, 0.3) is 0 Å². The molecule has 0 spiro atoms. The van der Waals surface area contributed by atoms with Gasteiger partial charge in [-0.3, -0.25) is 4.90 Å². The Labute approximate surface area is 154 Å². The molecule has 3 rings (SSSR count). The lowest BCUT2D eigenvalue weighted by molar-refractivity contribution is 0.0675. The van der Waals surface area contributed by atoms with Crippen molar-refractivity contribution in [3.05, 3.63) is 41.7 Å². The average Bonchev–Trinajstić information content (AvgIpc) is 3.17. The molecule has 0 radical (unpaired) electrons. The highest BCUT2D eigenvalue weighted by atomic mass is 16.5. The molecule has 0 aliphatic carbocycles. The van der Waals surface area contributed by atoms with Crippen molar-refractivity contribution >= 4 is 5.95 Å². The molecule has 0 saturated carbocycles. The van der Waals surface area contributed by atoms with Crippen molar-refractivity contribution in [2.24, 2.45) is 0 Å². The minimum Gasteiger partial charge on any atom is -0.497 e. The van der Waals surface area contributed by atoms with Gasteiger partial charge in [-0.05, 0) is 18.9 Å². The summed E-state index contributed by atoms with van der Waals surface area (Å²) in [4.78, 5) is 10.5. The van der Waals surface area contributed by atoms with Crippen LogP contribution in [0, 0.1) is 0 Å². The number of anilines is 1. The lowest BCUT2D eigenvalue weighted by Crippen LogP contribution is -2.31.